The van der Waals surface area contributed by atoms with Crippen molar-refractivity contribution in [2.24, 2.45) is 0 Å². The van der Waals surface area contributed by atoms with E-state index in [1.165, 1.54) is 18.4 Å². The summed E-state index contributed by atoms with van der Waals surface area (Å²) >= 11 is 1.32. The number of thiophene rings is 1. The maximum Gasteiger partial charge on any atom is 0.265 e. The van der Waals surface area contributed by atoms with Crippen LogP contribution >= 0.6 is 11.3 Å². The Labute approximate surface area is 86.5 Å². The van der Waals surface area contributed by atoms with Gasteiger partial charge in [-0.1, -0.05) is 0 Å². The largest absolute Gasteiger partial charge is 0.495 e. The zero-order chi connectivity index (χ0) is 10.6. The van der Waals surface area contributed by atoms with E-state index in [0.29, 0.717) is 10.6 Å². The third kappa shape index (κ3) is 2.71. The van der Waals surface area contributed by atoms with Crippen molar-refractivity contribution in [3.8, 4) is 5.75 Å². The van der Waals surface area contributed by atoms with Crippen molar-refractivity contribution in [1.82, 2.24) is 5.32 Å². The second kappa shape index (κ2) is 4.97. The molecule has 1 aromatic rings. The number of aliphatic hydroxyl groups is 1. The minimum atomic E-state index is -0.537. The number of nitrogens with one attached hydrogen (secondary N) is 1. The summed E-state index contributed by atoms with van der Waals surface area (Å²) in [6.45, 7) is 1.87. The number of amides is 1. The lowest BCUT2D eigenvalue weighted by Gasteiger charge is -2.06. The number of methoxy groups -OCH3 is 1. The summed E-state index contributed by atoms with van der Waals surface area (Å²) in [5.74, 6) is 0.357. The Hall–Kier alpha value is -1.07. The molecule has 0 spiro atoms. The Morgan fingerprint density at radius 2 is 2.50 bits per heavy atom. The lowest BCUT2D eigenvalue weighted by molar-refractivity contribution is 0.0925. The highest BCUT2D eigenvalue weighted by molar-refractivity contribution is 7.12. The van der Waals surface area contributed by atoms with Gasteiger partial charge in [0.1, 0.15) is 10.6 Å². The molecule has 0 aromatic carbocycles. The van der Waals surface area contributed by atoms with Crippen LogP contribution in [0.15, 0.2) is 11.4 Å². The summed E-state index contributed by atoms with van der Waals surface area (Å²) in [6, 6.07) is 1.74. The van der Waals surface area contributed by atoms with Gasteiger partial charge in [-0.25, -0.2) is 0 Å². The molecule has 4 nitrogen and oxygen atoms in total. The van der Waals surface area contributed by atoms with Crippen LogP contribution in [0, 0.1) is 0 Å². The Kier molecular flexibility index (Phi) is 3.91. The molecule has 1 rings (SSSR count). The lowest BCUT2D eigenvalue weighted by atomic mass is 10.3. The highest BCUT2D eigenvalue weighted by Crippen LogP contribution is 2.23. The van der Waals surface area contributed by atoms with Crippen LogP contribution in [0.3, 0.4) is 0 Å². The van der Waals surface area contributed by atoms with Crippen LogP contribution in [-0.2, 0) is 0 Å². The highest BCUT2D eigenvalue weighted by atomic mass is 32.1. The number of ether oxygens (including phenoxy) is 1. The van der Waals surface area contributed by atoms with Crippen molar-refractivity contribution in [3.05, 3.63) is 16.3 Å². The molecule has 1 amide bonds. The molecule has 0 aliphatic carbocycles. The zero-order valence-corrected chi connectivity index (χ0v) is 8.93. The predicted molar refractivity (Wildman–Crippen MR) is 54.9 cm³/mol. The van der Waals surface area contributed by atoms with E-state index in [1.54, 1.807) is 18.4 Å². The number of carbonyl (C=O) groups is 1. The van der Waals surface area contributed by atoms with Gasteiger partial charge in [0.15, 0.2) is 0 Å². The molecule has 1 aromatic heterocycles. The molecule has 0 radical (unpaired) electrons. The summed E-state index contributed by atoms with van der Waals surface area (Å²) in [5, 5.41) is 13.4. The van der Waals surface area contributed by atoms with Crippen molar-refractivity contribution < 1.29 is 14.6 Å². The van der Waals surface area contributed by atoms with Crippen LogP contribution < -0.4 is 10.1 Å². The van der Waals surface area contributed by atoms with E-state index in [4.69, 9.17) is 9.84 Å². The molecule has 78 valence electrons. The second-order valence-corrected chi connectivity index (χ2v) is 3.79. The summed E-state index contributed by atoms with van der Waals surface area (Å²) < 4.78 is 5.00. The minimum Gasteiger partial charge on any atom is -0.495 e. The van der Waals surface area contributed by atoms with Crippen molar-refractivity contribution in [3.63, 3.8) is 0 Å². The van der Waals surface area contributed by atoms with Gasteiger partial charge >= 0.3 is 0 Å². The van der Waals surface area contributed by atoms with Crippen molar-refractivity contribution in [2.75, 3.05) is 13.7 Å². The number of hydrogen-bond acceptors (Lipinski definition) is 4. The third-order valence-electron chi connectivity index (χ3n) is 1.61. The zero-order valence-electron chi connectivity index (χ0n) is 8.11. The van der Waals surface area contributed by atoms with Crippen LogP contribution in [-0.4, -0.2) is 30.8 Å². The second-order valence-electron chi connectivity index (χ2n) is 2.88. The molecule has 1 heterocycles. The van der Waals surface area contributed by atoms with E-state index in [9.17, 15) is 4.79 Å². The monoisotopic (exact) mass is 215 g/mol. The highest BCUT2D eigenvalue weighted by Gasteiger charge is 2.13. The first kappa shape index (κ1) is 11.0. The van der Waals surface area contributed by atoms with Crippen LogP contribution in [0.25, 0.3) is 0 Å². The smallest absolute Gasteiger partial charge is 0.265 e. The normalized spacial score (nSPS) is 12.2. The van der Waals surface area contributed by atoms with E-state index >= 15 is 0 Å². The summed E-state index contributed by atoms with van der Waals surface area (Å²) in [6.07, 6.45) is -0.537. The molecule has 0 saturated heterocycles. The van der Waals surface area contributed by atoms with Crippen LogP contribution in [0.5, 0.6) is 5.75 Å². The number of aliphatic hydroxyl groups excluding tert-OH is 1. The minimum absolute atomic E-state index is 0.210. The number of hydrogen-bond donors (Lipinski definition) is 2. The Morgan fingerprint density at radius 3 is 3.07 bits per heavy atom. The van der Waals surface area contributed by atoms with Gasteiger partial charge in [-0.2, -0.15) is 0 Å². The number of carbonyl (C=O) groups excluding carboxylic acids is 1. The topological polar surface area (TPSA) is 58.6 Å². The molecule has 0 fully saturated rings. The Balaban J connectivity index is 2.60. The molecule has 0 aliphatic heterocycles. The lowest BCUT2D eigenvalue weighted by Crippen LogP contribution is -2.30. The Morgan fingerprint density at radius 1 is 1.79 bits per heavy atom. The van der Waals surface area contributed by atoms with Gasteiger partial charge in [-0.15, -0.1) is 11.3 Å². The van der Waals surface area contributed by atoms with E-state index < -0.39 is 6.10 Å². The molecule has 0 bridgehead atoms. The van der Waals surface area contributed by atoms with Gasteiger partial charge in [-0.05, 0) is 18.4 Å². The van der Waals surface area contributed by atoms with E-state index in [-0.39, 0.29) is 12.5 Å². The van der Waals surface area contributed by atoms with Crippen LogP contribution in [0.1, 0.15) is 16.6 Å². The van der Waals surface area contributed by atoms with E-state index in [1.807, 2.05) is 0 Å². The van der Waals surface area contributed by atoms with Crippen LogP contribution in [0.4, 0.5) is 0 Å². The van der Waals surface area contributed by atoms with Gasteiger partial charge in [-0.3, -0.25) is 4.79 Å². The molecule has 2 N–H and O–H groups in total. The SMILES string of the molecule is COc1ccsc1C(=O)NCC(C)O. The van der Waals surface area contributed by atoms with Gasteiger partial charge in [0.05, 0.1) is 13.2 Å². The average molecular weight is 215 g/mol. The molecule has 14 heavy (non-hydrogen) atoms. The Bertz CT molecular complexity index is 309. The standard InChI is InChI=1S/C9H13NO3S/c1-6(11)5-10-9(12)8-7(13-2)3-4-14-8/h3-4,6,11H,5H2,1-2H3,(H,10,12). The molecule has 1 unspecified atom stereocenters. The fraction of sp³-hybridized carbons (Fsp3) is 0.444. The van der Waals surface area contributed by atoms with Crippen molar-refractivity contribution >= 4 is 17.2 Å². The first-order valence-electron chi connectivity index (χ1n) is 4.23. The molecule has 1 atom stereocenters. The maximum absolute atomic E-state index is 11.5. The van der Waals surface area contributed by atoms with Crippen molar-refractivity contribution in [1.29, 1.82) is 0 Å². The molecular weight excluding hydrogens is 202 g/mol. The third-order valence-corrected chi connectivity index (χ3v) is 2.51. The predicted octanol–water partition coefficient (Wildman–Crippen LogP) is 0.867. The maximum atomic E-state index is 11.5. The van der Waals surface area contributed by atoms with Gasteiger partial charge < -0.3 is 15.2 Å². The number of rotatable bonds is 4. The van der Waals surface area contributed by atoms with Crippen molar-refractivity contribution in [2.45, 2.75) is 13.0 Å². The summed E-state index contributed by atoms with van der Waals surface area (Å²) in [5.41, 5.74) is 0. The molecule has 0 aliphatic rings. The average Bonchev–Trinajstić information content (AvgIpc) is 2.61. The van der Waals surface area contributed by atoms with E-state index in [0.717, 1.165) is 0 Å². The summed E-state index contributed by atoms with van der Waals surface area (Å²) in [4.78, 5) is 12.0. The van der Waals surface area contributed by atoms with Gasteiger partial charge in [0, 0.05) is 6.54 Å². The van der Waals surface area contributed by atoms with E-state index in [2.05, 4.69) is 5.32 Å². The fourth-order valence-corrected chi connectivity index (χ4v) is 1.72. The first-order chi connectivity index (χ1) is 6.65. The molecule has 0 saturated carbocycles. The van der Waals surface area contributed by atoms with Crippen LogP contribution in [0.2, 0.25) is 0 Å². The first-order valence-corrected chi connectivity index (χ1v) is 5.11. The summed E-state index contributed by atoms with van der Waals surface area (Å²) in [7, 11) is 1.52. The quantitative estimate of drug-likeness (QED) is 0.783. The molecule has 5 heteroatoms. The molecular formula is C9H13NO3S. The fourth-order valence-electron chi connectivity index (χ4n) is 0.944. The van der Waals surface area contributed by atoms with Gasteiger partial charge in [0.25, 0.3) is 5.91 Å². The van der Waals surface area contributed by atoms with Gasteiger partial charge in [0.2, 0.25) is 0 Å².